The molecule has 3 nitrogen and oxygen atoms in total. The molecule has 0 aromatic rings. The molecule has 12 heavy (non-hydrogen) atoms. The van der Waals surface area contributed by atoms with Crippen LogP contribution in [0.4, 0.5) is 0 Å². The molecule has 2 aliphatic rings. The highest BCUT2D eigenvalue weighted by Crippen LogP contribution is 2.53. The molecule has 0 radical (unpaired) electrons. The van der Waals surface area contributed by atoms with Crippen LogP contribution in [0.3, 0.4) is 0 Å². The van der Waals surface area contributed by atoms with E-state index in [-0.39, 0.29) is 23.6 Å². The van der Waals surface area contributed by atoms with Crippen molar-refractivity contribution in [3.8, 4) is 0 Å². The molecule has 2 rings (SSSR count). The first-order valence-corrected chi connectivity index (χ1v) is 4.03. The van der Waals surface area contributed by atoms with E-state index in [0.29, 0.717) is 12.3 Å². The molecule has 3 heteroatoms. The van der Waals surface area contributed by atoms with E-state index in [2.05, 4.69) is 4.74 Å². The SMILES string of the molecule is COC(=O)C[C@H]1[C@@H]2C=CC(=O)[C@@H]21. The van der Waals surface area contributed by atoms with E-state index in [0.717, 1.165) is 0 Å². The van der Waals surface area contributed by atoms with E-state index in [4.69, 9.17) is 0 Å². The standard InChI is InChI=1S/C9H10O3/c1-12-8(11)4-6-5-2-3-7(10)9(5)6/h2-3,5-6,9H,4H2,1H3/t5-,6-,9-/m0/s1. The molecule has 2 aliphatic carbocycles. The molecular weight excluding hydrogens is 156 g/mol. The highest BCUT2D eigenvalue weighted by atomic mass is 16.5. The zero-order chi connectivity index (χ0) is 8.72. The summed E-state index contributed by atoms with van der Waals surface area (Å²) in [6.07, 6.45) is 3.91. The monoisotopic (exact) mass is 166 g/mol. The molecule has 0 aromatic heterocycles. The lowest BCUT2D eigenvalue weighted by Crippen LogP contribution is -2.05. The molecule has 3 atom stereocenters. The van der Waals surface area contributed by atoms with Gasteiger partial charge >= 0.3 is 5.97 Å². The van der Waals surface area contributed by atoms with E-state index in [1.165, 1.54) is 7.11 Å². The number of carbonyl (C=O) groups excluding carboxylic acids is 2. The van der Waals surface area contributed by atoms with Crippen molar-refractivity contribution >= 4 is 11.8 Å². The highest BCUT2D eigenvalue weighted by molar-refractivity contribution is 5.98. The van der Waals surface area contributed by atoms with Crippen molar-refractivity contribution in [3.63, 3.8) is 0 Å². The van der Waals surface area contributed by atoms with E-state index >= 15 is 0 Å². The number of ether oxygens (including phenoxy) is 1. The molecule has 64 valence electrons. The number of allylic oxidation sites excluding steroid dienone is 2. The lowest BCUT2D eigenvalue weighted by atomic mass is 10.1. The predicted molar refractivity (Wildman–Crippen MR) is 41.3 cm³/mol. The number of fused-ring (bicyclic) bond motifs is 1. The number of methoxy groups -OCH3 is 1. The van der Waals surface area contributed by atoms with Gasteiger partial charge in [-0.05, 0) is 17.9 Å². The second kappa shape index (κ2) is 2.44. The van der Waals surface area contributed by atoms with Gasteiger partial charge in [-0.1, -0.05) is 6.08 Å². The average molecular weight is 166 g/mol. The van der Waals surface area contributed by atoms with Crippen molar-refractivity contribution in [2.75, 3.05) is 7.11 Å². The normalized spacial score (nSPS) is 36.4. The van der Waals surface area contributed by atoms with Crippen LogP contribution < -0.4 is 0 Å². The van der Waals surface area contributed by atoms with Crippen molar-refractivity contribution in [2.24, 2.45) is 17.8 Å². The van der Waals surface area contributed by atoms with E-state index in [1.807, 2.05) is 6.08 Å². The number of hydrogen-bond donors (Lipinski definition) is 0. The summed E-state index contributed by atoms with van der Waals surface area (Å²) in [4.78, 5) is 21.9. The van der Waals surface area contributed by atoms with Gasteiger partial charge < -0.3 is 4.74 Å². The largest absolute Gasteiger partial charge is 0.469 e. The Kier molecular flexibility index (Phi) is 1.53. The third kappa shape index (κ3) is 0.967. The van der Waals surface area contributed by atoms with Gasteiger partial charge in [-0.15, -0.1) is 0 Å². The van der Waals surface area contributed by atoms with Crippen LogP contribution in [-0.4, -0.2) is 18.9 Å². The minimum atomic E-state index is -0.212. The zero-order valence-electron chi connectivity index (χ0n) is 6.82. The maximum atomic E-state index is 11.1. The summed E-state index contributed by atoms with van der Waals surface area (Å²) >= 11 is 0. The molecule has 0 bridgehead atoms. The first-order chi connectivity index (χ1) is 5.74. The average Bonchev–Trinajstić information content (AvgIpc) is 2.59. The first-order valence-electron chi connectivity index (χ1n) is 4.03. The molecule has 0 N–H and O–H groups in total. The fourth-order valence-electron chi connectivity index (χ4n) is 1.92. The summed E-state index contributed by atoms with van der Waals surface area (Å²) in [6.45, 7) is 0. The summed E-state index contributed by atoms with van der Waals surface area (Å²) in [5.74, 6) is 0.625. The van der Waals surface area contributed by atoms with Crippen molar-refractivity contribution in [2.45, 2.75) is 6.42 Å². The summed E-state index contributed by atoms with van der Waals surface area (Å²) in [6, 6.07) is 0. The van der Waals surface area contributed by atoms with Crippen LogP contribution in [0.15, 0.2) is 12.2 Å². The minimum Gasteiger partial charge on any atom is -0.469 e. The van der Waals surface area contributed by atoms with Crippen LogP contribution in [0, 0.1) is 17.8 Å². The Hall–Kier alpha value is -1.12. The lowest BCUT2D eigenvalue weighted by molar-refractivity contribution is -0.141. The van der Waals surface area contributed by atoms with Crippen molar-refractivity contribution < 1.29 is 14.3 Å². The molecule has 0 spiro atoms. The van der Waals surface area contributed by atoms with Crippen LogP contribution in [0.25, 0.3) is 0 Å². The van der Waals surface area contributed by atoms with Gasteiger partial charge in [0.25, 0.3) is 0 Å². The lowest BCUT2D eigenvalue weighted by Gasteiger charge is -1.97. The molecule has 1 saturated carbocycles. The number of hydrogen-bond acceptors (Lipinski definition) is 3. The summed E-state index contributed by atoms with van der Waals surface area (Å²) in [5.41, 5.74) is 0. The van der Waals surface area contributed by atoms with Crippen molar-refractivity contribution in [1.82, 2.24) is 0 Å². The van der Waals surface area contributed by atoms with E-state index < -0.39 is 0 Å². The smallest absolute Gasteiger partial charge is 0.305 e. The van der Waals surface area contributed by atoms with Gasteiger partial charge in [0.2, 0.25) is 0 Å². The van der Waals surface area contributed by atoms with Crippen LogP contribution in [-0.2, 0) is 14.3 Å². The van der Waals surface area contributed by atoms with Gasteiger partial charge in [0, 0.05) is 12.3 Å². The maximum Gasteiger partial charge on any atom is 0.305 e. The fraction of sp³-hybridized carbons (Fsp3) is 0.556. The third-order valence-corrected chi connectivity index (χ3v) is 2.67. The predicted octanol–water partition coefficient (Wildman–Crippen LogP) is 0.551. The molecular formula is C9H10O3. The minimum absolute atomic E-state index is 0.101. The summed E-state index contributed by atoms with van der Waals surface area (Å²) in [5, 5.41) is 0. The number of ketones is 1. The number of carbonyl (C=O) groups is 2. The Morgan fingerprint density at radius 3 is 2.92 bits per heavy atom. The Balaban J connectivity index is 1.92. The third-order valence-electron chi connectivity index (χ3n) is 2.67. The summed E-state index contributed by atoms with van der Waals surface area (Å²) < 4.78 is 4.53. The second-order valence-electron chi connectivity index (χ2n) is 3.31. The second-order valence-corrected chi connectivity index (χ2v) is 3.31. The van der Waals surface area contributed by atoms with Gasteiger partial charge in [-0.2, -0.15) is 0 Å². The van der Waals surface area contributed by atoms with Gasteiger partial charge in [0.05, 0.1) is 7.11 Å². The van der Waals surface area contributed by atoms with Gasteiger partial charge in [0.15, 0.2) is 5.78 Å². The van der Waals surface area contributed by atoms with Crippen LogP contribution >= 0.6 is 0 Å². The topological polar surface area (TPSA) is 43.4 Å². The molecule has 0 aromatic carbocycles. The number of esters is 1. The zero-order valence-corrected chi connectivity index (χ0v) is 6.82. The van der Waals surface area contributed by atoms with Gasteiger partial charge in [-0.25, -0.2) is 0 Å². The molecule has 0 heterocycles. The van der Waals surface area contributed by atoms with Gasteiger partial charge in [-0.3, -0.25) is 9.59 Å². The van der Waals surface area contributed by atoms with Crippen LogP contribution in [0.2, 0.25) is 0 Å². The van der Waals surface area contributed by atoms with Gasteiger partial charge in [0.1, 0.15) is 0 Å². The van der Waals surface area contributed by atoms with Crippen molar-refractivity contribution in [3.05, 3.63) is 12.2 Å². The molecule has 0 aliphatic heterocycles. The Bertz CT molecular complexity index is 267. The van der Waals surface area contributed by atoms with Crippen LogP contribution in [0.1, 0.15) is 6.42 Å². The highest BCUT2D eigenvalue weighted by Gasteiger charge is 2.55. The Morgan fingerprint density at radius 1 is 1.67 bits per heavy atom. The molecule has 0 amide bonds. The van der Waals surface area contributed by atoms with E-state index in [1.54, 1.807) is 6.08 Å². The summed E-state index contributed by atoms with van der Waals surface area (Å²) in [7, 11) is 1.37. The maximum absolute atomic E-state index is 11.1. The van der Waals surface area contributed by atoms with Crippen molar-refractivity contribution in [1.29, 1.82) is 0 Å². The first kappa shape index (κ1) is 7.53. The Labute approximate surface area is 70.4 Å². The Morgan fingerprint density at radius 2 is 2.42 bits per heavy atom. The quantitative estimate of drug-likeness (QED) is 0.563. The van der Waals surface area contributed by atoms with Crippen LogP contribution in [0.5, 0.6) is 0 Å². The molecule has 1 fully saturated rings. The number of rotatable bonds is 2. The van der Waals surface area contributed by atoms with E-state index in [9.17, 15) is 9.59 Å². The molecule has 0 unspecified atom stereocenters. The fourth-order valence-corrected chi connectivity index (χ4v) is 1.92. The molecule has 0 saturated heterocycles.